The molecule has 0 amide bonds. The average molecular weight is 565 g/mol. The molecule has 0 unspecified atom stereocenters. The first-order chi connectivity index (χ1) is 18.6. The SMILES string of the molecule is COc1c(OC[C@]2(C)CCCN2C)cc2c(N[C@H](C)c3cccc(C(F)(F)C(C)(C)O)c3F)nc(C)nc2c1F. The average Bonchev–Trinajstić information content (AvgIpc) is 3.20. The number of likely N-dealkylation sites (tertiary alicyclic amines) is 1. The highest BCUT2D eigenvalue weighted by atomic mass is 19.3. The monoisotopic (exact) mass is 564 g/mol. The second-order valence-corrected chi connectivity index (χ2v) is 11.3. The van der Waals surface area contributed by atoms with E-state index in [1.165, 1.54) is 19.2 Å². The summed E-state index contributed by atoms with van der Waals surface area (Å²) in [6, 6.07) is 4.31. The van der Waals surface area contributed by atoms with Crippen LogP contribution in [0.4, 0.5) is 23.4 Å². The van der Waals surface area contributed by atoms with Crippen molar-refractivity contribution >= 4 is 16.7 Å². The molecule has 7 nitrogen and oxygen atoms in total. The van der Waals surface area contributed by atoms with Crippen molar-refractivity contribution in [3.8, 4) is 11.5 Å². The van der Waals surface area contributed by atoms with E-state index in [0.717, 1.165) is 39.3 Å². The van der Waals surface area contributed by atoms with Crippen molar-refractivity contribution in [3.05, 3.63) is 52.9 Å². The van der Waals surface area contributed by atoms with E-state index in [4.69, 9.17) is 9.47 Å². The quantitative estimate of drug-likeness (QED) is 0.303. The Morgan fingerprint density at radius 2 is 1.90 bits per heavy atom. The van der Waals surface area contributed by atoms with Crippen LogP contribution < -0.4 is 14.8 Å². The molecular weight excluding hydrogens is 528 g/mol. The zero-order valence-electron chi connectivity index (χ0n) is 23.8. The second-order valence-electron chi connectivity index (χ2n) is 11.3. The van der Waals surface area contributed by atoms with Gasteiger partial charge in [0.1, 0.15) is 35.2 Å². The summed E-state index contributed by atoms with van der Waals surface area (Å²) in [4.78, 5) is 10.8. The molecule has 1 fully saturated rings. The van der Waals surface area contributed by atoms with E-state index >= 15 is 8.78 Å². The van der Waals surface area contributed by atoms with E-state index in [-0.39, 0.29) is 45.1 Å². The summed E-state index contributed by atoms with van der Waals surface area (Å²) >= 11 is 0. The van der Waals surface area contributed by atoms with E-state index in [0.29, 0.717) is 6.61 Å². The van der Waals surface area contributed by atoms with Gasteiger partial charge < -0.3 is 19.9 Å². The van der Waals surface area contributed by atoms with Crippen molar-refractivity contribution < 1.29 is 32.1 Å². The lowest BCUT2D eigenvalue weighted by Crippen LogP contribution is -2.43. The lowest BCUT2D eigenvalue weighted by atomic mass is 9.91. The highest BCUT2D eigenvalue weighted by molar-refractivity contribution is 5.92. The first kappa shape index (κ1) is 29.8. The van der Waals surface area contributed by atoms with Crippen LogP contribution in [0.2, 0.25) is 0 Å². The normalized spacial score (nSPS) is 19.2. The number of benzene rings is 2. The van der Waals surface area contributed by atoms with E-state index in [1.54, 1.807) is 19.9 Å². The Labute approximate surface area is 231 Å². The zero-order chi connectivity index (χ0) is 29.6. The van der Waals surface area contributed by atoms with Crippen molar-refractivity contribution in [1.82, 2.24) is 14.9 Å². The van der Waals surface area contributed by atoms with Crippen LogP contribution in [0.3, 0.4) is 0 Å². The number of alkyl halides is 2. The molecule has 4 rings (SSSR count). The summed E-state index contributed by atoms with van der Waals surface area (Å²) < 4.78 is 72.2. The van der Waals surface area contributed by atoms with Crippen molar-refractivity contribution in [2.75, 3.05) is 32.6 Å². The topological polar surface area (TPSA) is 79.7 Å². The molecule has 2 N–H and O–H groups in total. The molecule has 11 heteroatoms. The van der Waals surface area contributed by atoms with Crippen molar-refractivity contribution in [3.63, 3.8) is 0 Å². The van der Waals surface area contributed by atoms with Gasteiger partial charge in [0.05, 0.1) is 24.3 Å². The Kier molecular flexibility index (Phi) is 7.94. The van der Waals surface area contributed by atoms with Gasteiger partial charge in [-0.25, -0.2) is 18.7 Å². The molecule has 2 aromatic carbocycles. The van der Waals surface area contributed by atoms with Gasteiger partial charge in [-0.3, -0.25) is 4.90 Å². The molecule has 0 spiro atoms. The minimum absolute atomic E-state index is 0.0293. The number of aromatic nitrogens is 2. The third-order valence-electron chi connectivity index (χ3n) is 7.79. The molecule has 3 aromatic rings. The molecule has 1 aliphatic rings. The second kappa shape index (κ2) is 10.7. The van der Waals surface area contributed by atoms with Gasteiger partial charge in [0.2, 0.25) is 0 Å². The van der Waals surface area contributed by atoms with Crippen LogP contribution >= 0.6 is 0 Å². The molecule has 40 heavy (non-hydrogen) atoms. The molecule has 1 saturated heterocycles. The van der Waals surface area contributed by atoms with Crippen LogP contribution in [-0.2, 0) is 5.92 Å². The van der Waals surface area contributed by atoms with Crippen molar-refractivity contribution in [2.24, 2.45) is 0 Å². The lowest BCUT2D eigenvalue weighted by molar-refractivity contribution is -0.170. The fourth-order valence-corrected chi connectivity index (χ4v) is 5.02. The number of fused-ring (bicyclic) bond motifs is 1. The summed E-state index contributed by atoms with van der Waals surface area (Å²) in [7, 11) is 3.36. The zero-order valence-corrected chi connectivity index (χ0v) is 23.8. The number of hydrogen-bond acceptors (Lipinski definition) is 7. The van der Waals surface area contributed by atoms with Gasteiger partial charge in [-0.1, -0.05) is 12.1 Å². The number of rotatable bonds is 9. The van der Waals surface area contributed by atoms with Crippen LogP contribution in [0, 0.1) is 18.6 Å². The van der Waals surface area contributed by atoms with E-state index < -0.39 is 34.8 Å². The maximum Gasteiger partial charge on any atom is 0.303 e. The molecule has 2 heterocycles. The van der Waals surface area contributed by atoms with Crippen LogP contribution in [0.25, 0.3) is 10.9 Å². The minimum Gasteiger partial charge on any atom is -0.490 e. The van der Waals surface area contributed by atoms with Crippen LogP contribution in [0.15, 0.2) is 24.3 Å². The maximum absolute atomic E-state index is 15.7. The largest absolute Gasteiger partial charge is 0.490 e. The molecular formula is C29H36F4N4O3. The van der Waals surface area contributed by atoms with Gasteiger partial charge in [-0.15, -0.1) is 0 Å². The smallest absolute Gasteiger partial charge is 0.303 e. The third-order valence-corrected chi connectivity index (χ3v) is 7.79. The Morgan fingerprint density at radius 1 is 1.20 bits per heavy atom. The van der Waals surface area contributed by atoms with Gasteiger partial charge >= 0.3 is 5.92 Å². The molecule has 0 bridgehead atoms. The highest BCUT2D eigenvalue weighted by Gasteiger charge is 2.49. The van der Waals surface area contributed by atoms with Gasteiger partial charge in [-0.05, 0) is 73.2 Å². The third kappa shape index (κ3) is 5.28. The van der Waals surface area contributed by atoms with Gasteiger partial charge in [0.15, 0.2) is 17.3 Å². The van der Waals surface area contributed by atoms with Gasteiger partial charge in [0.25, 0.3) is 0 Å². The number of aryl methyl sites for hydroxylation is 1. The van der Waals surface area contributed by atoms with Gasteiger partial charge in [0, 0.05) is 10.9 Å². The molecule has 0 aliphatic carbocycles. The summed E-state index contributed by atoms with van der Waals surface area (Å²) in [6.07, 6.45) is 1.95. The number of hydrogen-bond donors (Lipinski definition) is 2. The summed E-state index contributed by atoms with van der Waals surface area (Å²) in [5.41, 5.74) is -3.75. The van der Waals surface area contributed by atoms with E-state index in [2.05, 4.69) is 27.1 Å². The van der Waals surface area contributed by atoms with E-state index in [9.17, 15) is 13.9 Å². The summed E-state index contributed by atoms with van der Waals surface area (Å²) in [6.45, 7) is 8.30. The fraction of sp³-hybridized carbons (Fsp3) is 0.517. The predicted octanol–water partition coefficient (Wildman–Crippen LogP) is 6.12. The number of likely N-dealkylation sites (N-methyl/N-ethyl adjacent to an activating group) is 1. The molecule has 1 aliphatic heterocycles. The molecule has 1 aromatic heterocycles. The Bertz CT molecular complexity index is 1410. The number of nitrogens with one attached hydrogen (secondary N) is 1. The van der Waals surface area contributed by atoms with Crippen LogP contribution in [-0.4, -0.2) is 58.4 Å². The van der Waals surface area contributed by atoms with E-state index in [1.807, 2.05) is 7.05 Å². The molecule has 218 valence electrons. The Balaban J connectivity index is 1.74. The fourth-order valence-electron chi connectivity index (χ4n) is 5.02. The number of methoxy groups -OCH3 is 1. The Hall–Kier alpha value is -3.18. The lowest BCUT2D eigenvalue weighted by Gasteiger charge is -2.32. The van der Waals surface area contributed by atoms with Crippen LogP contribution in [0.1, 0.15) is 63.5 Å². The standard InChI is InChI=1S/C29H36F4N4O3/c1-16(18-10-8-11-20(22(18)30)29(32,33)27(3,4)38)34-26-19-14-21(40-15-28(5)12-9-13-37(28)6)25(39-7)23(31)24(19)35-17(2)36-26/h8,10-11,14,16,38H,9,12-13,15H2,1-7H3,(H,34,35,36)/t16-,28+/m1/s1. The molecule has 0 radical (unpaired) electrons. The highest BCUT2D eigenvalue weighted by Crippen LogP contribution is 2.42. The molecule has 2 atom stereocenters. The van der Waals surface area contributed by atoms with Crippen molar-refractivity contribution in [1.29, 1.82) is 0 Å². The number of ether oxygens (including phenoxy) is 2. The number of halogens is 4. The summed E-state index contributed by atoms with van der Waals surface area (Å²) in [5, 5.41) is 13.3. The van der Waals surface area contributed by atoms with Gasteiger partial charge in [-0.2, -0.15) is 8.78 Å². The number of nitrogens with zero attached hydrogens (tertiary/aromatic N) is 3. The molecule has 0 saturated carbocycles. The number of aliphatic hydroxyl groups is 1. The van der Waals surface area contributed by atoms with Crippen molar-refractivity contribution in [2.45, 2.75) is 70.6 Å². The summed E-state index contributed by atoms with van der Waals surface area (Å²) in [5.74, 6) is -5.27. The number of anilines is 1. The minimum atomic E-state index is -3.85. The first-order valence-electron chi connectivity index (χ1n) is 13.1. The Morgan fingerprint density at radius 3 is 2.50 bits per heavy atom. The first-order valence-corrected chi connectivity index (χ1v) is 13.1. The van der Waals surface area contributed by atoms with Crippen LogP contribution in [0.5, 0.6) is 11.5 Å². The maximum atomic E-state index is 15.7. The predicted molar refractivity (Wildman–Crippen MR) is 145 cm³/mol.